The van der Waals surface area contributed by atoms with Crippen molar-refractivity contribution in [2.75, 3.05) is 7.05 Å². The number of nitrogens with zero attached hydrogens (tertiary/aromatic N) is 1. The molecule has 0 amide bonds. The molecule has 0 aliphatic rings. The third-order valence-corrected chi connectivity index (χ3v) is 4.91. The van der Waals surface area contributed by atoms with E-state index in [4.69, 9.17) is 0 Å². The summed E-state index contributed by atoms with van der Waals surface area (Å²) in [7, 11) is -1.80. The number of hydrogen-bond donors (Lipinski definition) is 3. The number of aromatic amines is 1. The largest absolute Gasteiger partial charge is 0.316 e. The van der Waals surface area contributed by atoms with E-state index in [1.54, 1.807) is 7.05 Å². The molecule has 7 heteroatoms. The van der Waals surface area contributed by atoms with Crippen LogP contribution in [0.5, 0.6) is 0 Å². The van der Waals surface area contributed by atoms with Crippen molar-refractivity contribution in [2.24, 2.45) is 0 Å². The molecule has 6 nitrogen and oxygen atoms in total. The summed E-state index contributed by atoms with van der Waals surface area (Å²) in [6.07, 6.45) is 3.00. The zero-order valence-corrected chi connectivity index (χ0v) is 12.2. The maximum Gasteiger partial charge on any atom is 0.258 e. The molecule has 1 rings (SSSR count). The Bertz CT molecular complexity index is 477. The smallest absolute Gasteiger partial charge is 0.258 e. The Labute approximate surface area is 109 Å². The number of hydrogen-bond acceptors (Lipinski definition) is 4. The van der Waals surface area contributed by atoms with E-state index in [9.17, 15) is 8.42 Å². The SMILES string of the molecule is CCC(C)(CC)NS(=O)(=O)c1[nH]ncc1CNC. The summed E-state index contributed by atoms with van der Waals surface area (Å²) in [5, 5.41) is 9.43. The lowest BCUT2D eigenvalue weighted by atomic mass is 9.98. The molecule has 3 N–H and O–H groups in total. The molecule has 0 atom stereocenters. The Hall–Kier alpha value is -0.920. The van der Waals surface area contributed by atoms with Gasteiger partial charge in [0.2, 0.25) is 0 Å². The molecule has 0 spiro atoms. The van der Waals surface area contributed by atoms with E-state index in [0.29, 0.717) is 12.1 Å². The van der Waals surface area contributed by atoms with Crippen LogP contribution in [0.4, 0.5) is 0 Å². The van der Waals surface area contributed by atoms with Gasteiger partial charge in [0.1, 0.15) is 0 Å². The summed E-state index contributed by atoms with van der Waals surface area (Å²) in [5.74, 6) is 0. The lowest BCUT2D eigenvalue weighted by molar-refractivity contribution is 0.388. The first-order chi connectivity index (χ1) is 8.38. The van der Waals surface area contributed by atoms with Crippen LogP contribution in [0.3, 0.4) is 0 Å². The van der Waals surface area contributed by atoms with Crippen molar-refractivity contribution in [1.82, 2.24) is 20.2 Å². The summed E-state index contributed by atoms with van der Waals surface area (Å²) in [6, 6.07) is 0. The van der Waals surface area contributed by atoms with Gasteiger partial charge >= 0.3 is 0 Å². The normalized spacial score (nSPS) is 12.9. The maximum atomic E-state index is 12.3. The second kappa shape index (κ2) is 5.81. The van der Waals surface area contributed by atoms with Gasteiger partial charge in [-0.1, -0.05) is 13.8 Å². The highest BCUT2D eigenvalue weighted by Gasteiger charge is 2.29. The molecule has 0 bridgehead atoms. The quantitative estimate of drug-likeness (QED) is 0.692. The van der Waals surface area contributed by atoms with E-state index >= 15 is 0 Å². The van der Waals surface area contributed by atoms with Crippen molar-refractivity contribution in [1.29, 1.82) is 0 Å². The zero-order valence-electron chi connectivity index (χ0n) is 11.4. The first kappa shape index (κ1) is 15.1. The topological polar surface area (TPSA) is 86.9 Å². The van der Waals surface area contributed by atoms with E-state index < -0.39 is 15.6 Å². The maximum absolute atomic E-state index is 12.3. The van der Waals surface area contributed by atoms with Gasteiger partial charge < -0.3 is 5.32 Å². The summed E-state index contributed by atoms with van der Waals surface area (Å²) in [4.78, 5) is 0. The van der Waals surface area contributed by atoms with E-state index in [2.05, 4.69) is 20.2 Å². The number of nitrogens with one attached hydrogen (secondary N) is 3. The molecule has 0 aromatic carbocycles. The lowest BCUT2D eigenvalue weighted by Crippen LogP contribution is -2.45. The van der Waals surface area contributed by atoms with Crippen molar-refractivity contribution in [3.8, 4) is 0 Å². The van der Waals surface area contributed by atoms with Gasteiger partial charge in [0, 0.05) is 17.6 Å². The number of aromatic nitrogens is 2. The highest BCUT2D eigenvalue weighted by Crippen LogP contribution is 2.19. The molecule has 0 saturated heterocycles. The van der Waals surface area contributed by atoms with Crippen molar-refractivity contribution in [2.45, 2.75) is 50.7 Å². The first-order valence-corrected chi connectivity index (χ1v) is 7.57. The van der Waals surface area contributed by atoms with Crippen LogP contribution in [-0.2, 0) is 16.6 Å². The van der Waals surface area contributed by atoms with Crippen molar-refractivity contribution in [3.63, 3.8) is 0 Å². The minimum Gasteiger partial charge on any atom is -0.316 e. The summed E-state index contributed by atoms with van der Waals surface area (Å²) < 4.78 is 27.4. The Balaban J connectivity index is 3.03. The lowest BCUT2D eigenvalue weighted by Gasteiger charge is -2.27. The molecule has 1 aromatic rings. The van der Waals surface area contributed by atoms with Gasteiger partial charge in [0.05, 0.1) is 6.20 Å². The molecule has 0 unspecified atom stereocenters. The standard InChI is InChI=1S/C11H22N4O2S/c1-5-11(3,6-2)15-18(16,17)10-9(7-12-4)8-13-14-10/h8,12,15H,5-7H2,1-4H3,(H,13,14). The third-order valence-electron chi connectivity index (χ3n) is 3.26. The molecule has 0 fully saturated rings. The molecule has 0 aliphatic carbocycles. The predicted octanol–water partition coefficient (Wildman–Crippen LogP) is 0.986. The van der Waals surface area contributed by atoms with Gasteiger partial charge in [0.15, 0.2) is 5.03 Å². The van der Waals surface area contributed by atoms with Gasteiger partial charge in [-0.25, -0.2) is 13.1 Å². The van der Waals surface area contributed by atoms with E-state index in [1.807, 2.05) is 20.8 Å². The number of sulfonamides is 1. The molecule has 18 heavy (non-hydrogen) atoms. The fourth-order valence-electron chi connectivity index (χ4n) is 1.62. The summed E-state index contributed by atoms with van der Waals surface area (Å²) in [5.41, 5.74) is 0.209. The van der Waals surface area contributed by atoms with Crippen LogP contribution in [0.2, 0.25) is 0 Å². The highest BCUT2D eigenvalue weighted by atomic mass is 32.2. The second-order valence-corrected chi connectivity index (χ2v) is 6.25. The predicted molar refractivity (Wildman–Crippen MR) is 70.7 cm³/mol. The van der Waals surface area contributed by atoms with Crippen LogP contribution >= 0.6 is 0 Å². The highest BCUT2D eigenvalue weighted by molar-refractivity contribution is 7.89. The van der Waals surface area contributed by atoms with Crippen LogP contribution in [0, 0.1) is 0 Å². The number of H-pyrrole nitrogens is 1. The van der Waals surface area contributed by atoms with Gasteiger partial charge in [-0.3, -0.25) is 5.10 Å². The Kier molecular flexibility index (Phi) is 4.89. The second-order valence-electron chi connectivity index (χ2n) is 4.63. The molecular weight excluding hydrogens is 252 g/mol. The average molecular weight is 274 g/mol. The fraction of sp³-hybridized carbons (Fsp3) is 0.727. The van der Waals surface area contributed by atoms with Crippen molar-refractivity contribution < 1.29 is 8.42 Å². The van der Waals surface area contributed by atoms with Crippen molar-refractivity contribution >= 4 is 10.0 Å². The average Bonchev–Trinajstić information content (AvgIpc) is 2.78. The van der Waals surface area contributed by atoms with Crippen LogP contribution in [0.25, 0.3) is 0 Å². The van der Waals surface area contributed by atoms with Crippen LogP contribution in [0.15, 0.2) is 11.2 Å². The van der Waals surface area contributed by atoms with Crippen LogP contribution in [0.1, 0.15) is 39.2 Å². The van der Waals surface area contributed by atoms with Gasteiger partial charge in [-0.15, -0.1) is 0 Å². The van der Waals surface area contributed by atoms with Gasteiger partial charge in [0.25, 0.3) is 10.0 Å². The van der Waals surface area contributed by atoms with Crippen LogP contribution < -0.4 is 10.0 Å². The molecule has 0 aliphatic heterocycles. The summed E-state index contributed by atoms with van der Waals surface area (Å²) >= 11 is 0. The monoisotopic (exact) mass is 274 g/mol. The van der Waals surface area contributed by atoms with Gasteiger partial charge in [-0.2, -0.15) is 5.10 Å². The third kappa shape index (κ3) is 3.30. The minimum atomic E-state index is -3.56. The molecule has 1 heterocycles. The minimum absolute atomic E-state index is 0.143. The van der Waals surface area contributed by atoms with E-state index in [1.165, 1.54) is 6.20 Å². The number of rotatable bonds is 7. The van der Waals surface area contributed by atoms with Crippen molar-refractivity contribution in [3.05, 3.63) is 11.8 Å². The fourth-order valence-corrected chi connectivity index (χ4v) is 3.30. The van der Waals surface area contributed by atoms with E-state index in [-0.39, 0.29) is 5.03 Å². The molecule has 0 saturated carbocycles. The Morgan fingerprint density at radius 2 is 2.00 bits per heavy atom. The summed E-state index contributed by atoms with van der Waals surface area (Å²) in [6.45, 7) is 6.29. The van der Waals surface area contributed by atoms with E-state index in [0.717, 1.165) is 12.8 Å². The molecule has 104 valence electrons. The molecular formula is C11H22N4O2S. The van der Waals surface area contributed by atoms with Gasteiger partial charge in [-0.05, 0) is 26.8 Å². The Morgan fingerprint density at radius 1 is 1.39 bits per heavy atom. The molecule has 1 aromatic heterocycles. The first-order valence-electron chi connectivity index (χ1n) is 6.09. The Morgan fingerprint density at radius 3 is 2.50 bits per heavy atom. The zero-order chi connectivity index (χ0) is 13.8. The molecule has 0 radical (unpaired) electrons. The van der Waals surface area contributed by atoms with Crippen LogP contribution in [-0.4, -0.2) is 31.2 Å².